The van der Waals surface area contributed by atoms with Gasteiger partial charge in [0, 0.05) is 30.7 Å². The molecular formula is C25H26F3N7O3S. The van der Waals surface area contributed by atoms with E-state index in [9.17, 15) is 27.9 Å². The molecule has 3 amide bonds. The molecule has 2 fully saturated rings. The summed E-state index contributed by atoms with van der Waals surface area (Å²) in [6.07, 6.45) is 0.0744. The summed E-state index contributed by atoms with van der Waals surface area (Å²) < 4.78 is 39.1. The molecule has 3 aromatic rings. The number of halogens is 3. The lowest BCUT2D eigenvalue weighted by Gasteiger charge is -2.35. The monoisotopic (exact) mass is 561 g/mol. The van der Waals surface area contributed by atoms with E-state index in [0.29, 0.717) is 36.4 Å². The van der Waals surface area contributed by atoms with Crippen LogP contribution in [0.15, 0.2) is 36.7 Å². The SMILES string of the molecule is Cc1cc(Nc2nccc(C(F)(F)F)n2)cc(-c2cnc(C3(O)CCC(NC(=O)C4CNC(=O)N4)CC3)s2)c1. The number of carbonyl (C=O) groups is 2. The summed E-state index contributed by atoms with van der Waals surface area (Å²) >= 11 is 1.34. The number of aromatic nitrogens is 3. The van der Waals surface area contributed by atoms with Crippen LogP contribution in [0.3, 0.4) is 0 Å². The number of alkyl halides is 3. The fourth-order valence-corrected chi connectivity index (χ4v) is 5.74. The van der Waals surface area contributed by atoms with Crippen molar-refractivity contribution < 1.29 is 27.9 Å². The molecule has 0 spiro atoms. The Kier molecular flexibility index (Phi) is 7.16. The third kappa shape index (κ3) is 6.11. The van der Waals surface area contributed by atoms with Gasteiger partial charge >= 0.3 is 12.2 Å². The number of nitrogens with one attached hydrogen (secondary N) is 4. The zero-order chi connectivity index (χ0) is 27.8. The topological polar surface area (TPSA) is 141 Å². The Morgan fingerprint density at radius 2 is 1.97 bits per heavy atom. The van der Waals surface area contributed by atoms with Crippen molar-refractivity contribution in [1.29, 1.82) is 0 Å². The van der Waals surface area contributed by atoms with Gasteiger partial charge in [0.1, 0.15) is 22.3 Å². The Hall–Kier alpha value is -3.78. The molecule has 1 aromatic carbocycles. The van der Waals surface area contributed by atoms with Gasteiger partial charge in [-0.05, 0) is 61.9 Å². The number of amides is 3. The minimum atomic E-state index is -4.58. The number of aliphatic hydroxyl groups is 1. The number of rotatable bonds is 6. The number of thiazole rings is 1. The molecule has 1 aliphatic carbocycles. The smallest absolute Gasteiger partial charge is 0.383 e. The molecule has 206 valence electrons. The summed E-state index contributed by atoms with van der Waals surface area (Å²) in [6.45, 7) is 2.10. The quantitative estimate of drug-likeness (QED) is 0.310. The fraction of sp³-hybridized carbons (Fsp3) is 0.400. The van der Waals surface area contributed by atoms with Crippen molar-refractivity contribution in [1.82, 2.24) is 30.9 Å². The van der Waals surface area contributed by atoms with Gasteiger partial charge in [-0.1, -0.05) is 6.07 Å². The minimum absolute atomic E-state index is 0.113. The highest BCUT2D eigenvalue weighted by Gasteiger charge is 2.39. The molecule has 3 heterocycles. The molecule has 1 atom stereocenters. The molecule has 2 aromatic heterocycles. The van der Waals surface area contributed by atoms with E-state index in [1.54, 1.807) is 18.3 Å². The number of benzene rings is 1. The molecule has 1 saturated heterocycles. The van der Waals surface area contributed by atoms with Crippen LogP contribution in [0.25, 0.3) is 10.4 Å². The van der Waals surface area contributed by atoms with Crippen LogP contribution in [0.2, 0.25) is 0 Å². The number of urea groups is 1. The molecule has 5 rings (SSSR count). The second-order valence-electron chi connectivity index (χ2n) is 9.73. The van der Waals surface area contributed by atoms with Gasteiger partial charge in [0.15, 0.2) is 0 Å². The van der Waals surface area contributed by atoms with Crippen LogP contribution in [0.4, 0.5) is 29.6 Å². The van der Waals surface area contributed by atoms with Crippen LogP contribution in [0.1, 0.15) is 41.9 Å². The third-order valence-electron chi connectivity index (χ3n) is 6.72. The second kappa shape index (κ2) is 10.4. The average Bonchev–Trinajstić information content (AvgIpc) is 3.55. The van der Waals surface area contributed by atoms with Crippen LogP contribution < -0.4 is 21.3 Å². The first-order chi connectivity index (χ1) is 18.5. The van der Waals surface area contributed by atoms with E-state index in [0.717, 1.165) is 28.3 Å². The van der Waals surface area contributed by atoms with E-state index < -0.39 is 23.5 Å². The first-order valence-corrected chi connectivity index (χ1v) is 13.1. The summed E-state index contributed by atoms with van der Waals surface area (Å²) in [7, 11) is 0. The van der Waals surface area contributed by atoms with Crippen LogP contribution in [-0.2, 0) is 16.6 Å². The molecule has 5 N–H and O–H groups in total. The van der Waals surface area contributed by atoms with Gasteiger partial charge in [-0.15, -0.1) is 11.3 Å². The van der Waals surface area contributed by atoms with Crippen molar-refractivity contribution in [2.75, 3.05) is 11.9 Å². The van der Waals surface area contributed by atoms with Crippen LogP contribution in [-0.4, -0.2) is 50.6 Å². The first kappa shape index (κ1) is 26.8. The van der Waals surface area contributed by atoms with Crippen LogP contribution >= 0.6 is 11.3 Å². The number of anilines is 2. The van der Waals surface area contributed by atoms with Crippen molar-refractivity contribution >= 4 is 34.9 Å². The highest BCUT2D eigenvalue weighted by molar-refractivity contribution is 7.15. The highest BCUT2D eigenvalue weighted by atomic mass is 32.1. The van der Waals surface area contributed by atoms with Gasteiger partial charge in [0.05, 0.1) is 4.88 Å². The molecule has 39 heavy (non-hydrogen) atoms. The van der Waals surface area contributed by atoms with E-state index in [1.165, 1.54) is 11.3 Å². The van der Waals surface area contributed by atoms with Crippen molar-refractivity contribution in [2.45, 2.75) is 56.5 Å². The molecular weight excluding hydrogens is 535 g/mol. The summed E-state index contributed by atoms with van der Waals surface area (Å²) in [4.78, 5) is 36.4. The van der Waals surface area contributed by atoms with Crippen molar-refractivity contribution in [3.05, 3.63) is 52.9 Å². The van der Waals surface area contributed by atoms with E-state index in [2.05, 4.69) is 36.2 Å². The fourth-order valence-electron chi connectivity index (χ4n) is 4.69. The molecule has 2 aliphatic rings. The van der Waals surface area contributed by atoms with Gasteiger partial charge in [-0.25, -0.2) is 19.7 Å². The molecule has 0 bridgehead atoms. The largest absolute Gasteiger partial charge is 0.433 e. The number of aryl methyl sites for hydroxylation is 1. The maximum absolute atomic E-state index is 13.0. The maximum atomic E-state index is 13.0. The van der Waals surface area contributed by atoms with E-state index in [1.807, 2.05) is 13.0 Å². The summed E-state index contributed by atoms with van der Waals surface area (Å²) in [5.74, 6) is -0.421. The Morgan fingerprint density at radius 1 is 1.21 bits per heavy atom. The van der Waals surface area contributed by atoms with Crippen LogP contribution in [0.5, 0.6) is 0 Å². The second-order valence-corrected chi connectivity index (χ2v) is 10.8. The zero-order valence-corrected chi connectivity index (χ0v) is 21.6. The van der Waals surface area contributed by atoms with Crippen LogP contribution in [0, 0.1) is 6.92 Å². The van der Waals surface area contributed by atoms with Gasteiger partial charge in [-0.2, -0.15) is 13.2 Å². The lowest BCUT2D eigenvalue weighted by molar-refractivity contribution is -0.141. The predicted octanol–water partition coefficient (Wildman–Crippen LogP) is 3.60. The van der Waals surface area contributed by atoms with Gasteiger partial charge < -0.3 is 26.4 Å². The van der Waals surface area contributed by atoms with E-state index >= 15 is 0 Å². The highest BCUT2D eigenvalue weighted by Crippen LogP contribution is 2.41. The number of hydrogen-bond acceptors (Lipinski definition) is 8. The zero-order valence-electron chi connectivity index (χ0n) is 20.8. The summed E-state index contributed by atoms with van der Waals surface area (Å²) in [5.41, 5.74) is -0.0115. The van der Waals surface area contributed by atoms with Crippen molar-refractivity contribution in [2.24, 2.45) is 0 Å². The van der Waals surface area contributed by atoms with Crippen molar-refractivity contribution in [3.8, 4) is 10.4 Å². The Morgan fingerprint density at radius 3 is 2.67 bits per heavy atom. The third-order valence-corrected chi connectivity index (χ3v) is 7.96. The lowest BCUT2D eigenvalue weighted by atomic mass is 9.82. The maximum Gasteiger partial charge on any atom is 0.433 e. The minimum Gasteiger partial charge on any atom is -0.383 e. The molecule has 1 unspecified atom stereocenters. The van der Waals surface area contributed by atoms with Crippen molar-refractivity contribution in [3.63, 3.8) is 0 Å². The molecule has 1 aliphatic heterocycles. The lowest BCUT2D eigenvalue weighted by Crippen LogP contribution is -2.49. The number of nitrogens with zero attached hydrogens (tertiary/aromatic N) is 3. The molecule has 10 nitrogen and oxygen atoms in total. The van der Waals surface area contributed by atoms with E-state index in [-0.39, 0.29) is 30.5 Å². The average molecular weight is 562 g/mol. The van der Waals surface area contributed by atoms with Gasteiger partial charge in [0.2, 0.25) is 11.9 Å². The molecule has 1 saturated carbocycles. The predicted molar refractivity (Wildman–Crippen MR) is 137 cm³/mol. The first-order valence-electron chi connectivity index (χ1n) is 12.3. The Balaban J connectivity index is 1.25. The molecule has 14 heteroatoms. The standard InChI is InChI=1S/C25H26F3N7O3S/c1-13-8-14(10-16(9-13)33-22-29-7-4-19(35-22)25(26,27)28)18-12-30-21(39-18)24(38)5-2-15(3-6-24)32-20(36)17-11-31-23(37)34-17/h4,7-10,12,15,17,38H,2-3,5-6,11H2,1H3,(H,32,36)(H,29,33,35)(H2,31,34,37). The molecule has 0 radical (unpaired) electrons. The number of carbonyl (C=O) groups excluding carboxylic acids is 2. The van der Waals surface area contributed by atoms with Gasteiger partial charge in [-0.3, -0.25) is 4.79 Å². The van der Waals surface area contributed by atoms with Gasteiger partial charge in [0.25, 0.3) is 0 Å². The normalized spacial score (nSPS) is 23.2. The summed E-state index contributed by atoms with van der Waals surface area (Å²) in [5, 5.41) is 22.8. The Labute approximate surface area is 225 Å². The number of hydrogen-bond donors (Lipinski definition) is 5. The van der Waals surface area contributed by atoms with E-state index in [4.69, 9.17) is 0 Å². The summed E-state index contributed by atoms with van der Waals surface area (Å²) in [6, 6.07) is 5.18. The Bertz CT molecular complexity index is 1390.